The Kier molecular flexibility index (Phi) is 4.54. The standard InChI is InChI=1S/C26H21N5O2/c1-2-17-10-11-22(33-17)24-23-19(25(32)18-7-3-4-9-21(18)30-23)15-31(24)26-28-13-16(14-29-26)20-8-5-6-12-27-20/h3-14,24H,2,15H2,1H3,(H,30,32)/t24-/m0/s1. The molecule has 0 fully saturated rings. The summed E-state index contributed by atoms with van der Waals surface area (Å²) in [5.74, 6) is 2.18. The lowest BCUT2D eigenvalue weighted by Gasteiger charge is -2.23. The summed E-state index contributed by atoms with van der Waals surface area (Å²) in [5, 5.41) is 0.678. The van der Waals surface area contributed by atoms with E-state index in [4.69, 9.17) is 4.42 Å². The first-order valence-corrected chi connectivity index (χ1v) is 11.0. The number of anilines is 1. The van der Waals surface area contributed by atoms with Gasteiger partial charge in [0.2, 0.25) is 5.95 Å². The Labute approximate surface area is 189 Å². The molecule has 7 nitrogen and oxygen atoms in total. The SMILES string of the molecule is CCc1ccc([C@H]2c3[nH]c4ccccc4c(=O)c3CN2c2ncc(-c3ccccn3)cn2)o1. The number of fused-ring (bicyclic) bond motifs is 2. The topological polar surface area (TPSA) is 87.9 Å². The zero-order valence-corrected chi connectivity index (χ0v) is 18.0. The molecule has 0 amide bonds. The van der Waals surface area contributed by atoms with E-state index in [1.165, 1.54) is 0 Å². The summed E-state index contributed by atoms with van der Waals surface area (Å²) in [6.45, 7) is 2.45. The van der Waals surface area contributed by atoms with Crippen molar-refractivity contribution < 1.29 is 4.42 Å². The zero-order valence-electron chi connectivity index (χ0n) is 18.0. The van der Waals surface area contributed by atoms with E-state index in [1.807, 2.05) is 59.5 Å². The average molecular weight is 435 g/mol. The molecular weight excluding hydrogens is 414 g/mol. The number of H-pyrrole nitrogens is 1. The molecular formula is C26H21N5O2. The largest absolute Gasteiger partial charge is 0.463 e. The van der Waals surface area contributed by atoms with Crippen molar-refractivity contribution in [2.24, 2.45) is 0 Å². The first-order valence-electron chi connectivity index (χ1n) is 11.0. The first-order chi connectivity index (χ1) is 16.2. The molecule has 0 aliphatic carbocycles. The Morgan fingerprint density at radius 2 is 1.85 bits per heavy atom. The van der Waals surface area contributed by atoms with Crippen LogP contribution in [-0.4, -0.2) is 19.9 Å². The molecule has 0 bridgehead atoms. The highest BCUT2D eigenvalue weighted by Crippen LogP contribution is 2.39. The second-order valence-electron chi connectivity index (χ2n) is 8.07. The third-order valence-corrected chi connectivity index (χ3v) is 6.11. The molecule has 0 saturated carbocycles. The number of nitrogens with zero attached hydrogens (tertiary/aromatic N) is 4. The maximum Gasteiger partial charge on any atom is 0.226 e. The van der Waals surface area contributed by atoms with Crippen molar-refractivity contribution in [1.29, 1.82) is 0 Å². The predicted molar refractivity (Wildman–Crippen MR) is 126 cm³/mol. The van der Waals surface area contributed by atoms with Crippen LogP contribution in [0.25, 0.3) is 22.2 Å². The van der Waals surface area contributed by atoms with Gasteiger partial charge in [0.25, 0.3) is 0 Å². The zero-order chi connectivity index (χ0) is 22.4. The molecule has 5 aromatic rings. The van der Waals surface area contributed by atoms with E-state index >= 15 is 0 Å². The van der Waals surface area contributed by atoms with Crippen LogP contribution in [0.1, 0.15) is 35.7 Å². The molecule has 1 aromatic carbocycles. The minimum absolute atomic E-state index is 0.0271. The van der Waals surface area contributed by atoms with Crippen LogP contribution < -0.4 is 10.3 Å². The van der Waals surface area contributed by atoms with Crippen molar-refractivity contribution in [3.05, 3.63) is 106 Å². The molecule has 5 heterocycles. The molecule has 0 saturated heterocycles. The van der Waals surface area contributed by atoms with Crippen molar-refractivity contribution in [2.45, 2.75) is 25.9 Å². The lowest BCUT2D eigenvalue weighted by Crippen LogP contribution is -2.24. The molecule has 1 N–H and O–H groups in total. The van der Waals surface area contributed by atoms with Gasteiger partial charge in [0, 0.05) is 47.0 Å². The van der Waals surface area contributed by atoms with Crippen LogP contribution in [0.15, 0.2) is 82.4 Å². The number of aryl methyl sites for hydroxylation is 1. The van der Waals surface area contributed by atoms with E-state index in [0.717, 1.165) is 40.4 Å². The number of benzene rings is 1. The van der Waals surface area contributed by atoms with Gasteiger partial charge in [-0.15, -0.1) is 0 Å². The molecule has 6 rings (SSSR count). The predicted octanol–water partition coefficient (Wildman–Crippen LogP) is 4.65. The highest BCUT2D eigenvalue weighted by Gasteiger charge is 2.38. The molecule has 0 unspecified atom stereocenters. The van der Waals surface area contributed by atoms with Crippen molar-refractivity contribution in [3.8, 4) is 11.3 Å². The lowest BCUT2D eigenvalue weighted by atomic mass is 10.1. The number of nitrogens with one attached hydrogen (secondary N) is 1. The Hall–Kier alpha value is -4.26. The molecule has 1 atom stereocenters. The van der Waals surface area contributed by atoms with Gasteiger partial charge in [0.15, 0.2) is 5.43 Å². The third kappa shape index (κ3) is 3.20. The molecule has 4 aromatic heterocycles. The summed E-state index contributed by atoms with van der Waals surface area (Å²) >= 11 is 0. The fourth-order valence-electron chi connectivity index (χ4n) is 4.45. The van der Waals surface area contributed by atoms with E-state index in [2.05, 4.69) is 26.9 Å². The highest BCUT2D eigenvalue weighted by molar-refractivity contribution is 5.80. The van der Waals surface area contributed by atoms with Gasteiger partial charge in [-0.05, 0) is 36.4 Å². The van der Waals surface area contributed by atoms with Crippen LogP contribution in [0.3, 0.4) is 0 Å². The fourth-order valence-corrected chi connectivity index (χ4v) is 4.45. The van der Waals surface area contributed by atoms with Gasteiger partial charge in [-0.25, -0.2) is 9.97 Å². The van der Waals surface area contributed by atoms with Gasteiger partial charge in [-0.3, -0.25) is 9.78 Å². The number of furan rings is 1. The summed E-state index contributed by atoms with van der Waals surface area (Å²) in [6.07, 6.45) is 6.07. The monoisotopic (exact) mass is 435 g/mol. The van der Waals surface area contributed by atoms with Crippen LogP contribution >= 0.6 is 0 Å². The average Bonchev–Trinajstić information content (AvgIpc) is 3.49. The maximum absolute atomic E-state index is 13.3. The van der Waals surface area contributed by atoms with E-state index in [0.29, 0.717) is 23.4 Å². The molecule has 0 spiro atoms. The summed E-state index contributed by atoms with van der Waals surface area (Å²) in [5.41, 5.74) is 4.02. The normalized spacial score (nSPS) is 15.2. The minimum Gasteiger partial charge on any atom is -0.463 e. The fraction of sp³-hybridized carbons (Fsp3) is 0.154. The van der Waals surface area contributed by atoms with Gasteiger partial charge < -0.3 is 14.3 Å². The number of para-hydroxylation sites is 1. The summed E-state index contributed by atoms with van der Waals surface area (Å²) < 4.78 is 6.14. The minimum atomic E-state index is -0.321. The van der Waals surface area contributed by atoms with Crippen molar-refractivity contribution >= 4 is 16.9 Å². The van der Waals surface area contributed by atoms with Crippen molar-refractivity contribution in [1.82, 2.24) is 19.9 Å². The summed E-state index contributed by atoms with van der Waals surface area (Å²) in [4.78, 5) is 32.5. The van der Waals surface area contributed by atoms with E-state index in [-0.39, 0.29) is 11.5 Å². The molecule has 7 heteroatoms. The molecule has 1 aliphatic heterocycles. The Balaban J connectivity index is 1.48. The van der Waals surface area contributed by atoms with Crippen LogP contribution in [0, 0.1) is 0 Å². The number of pyridine rings is 2. The number of aromatic nitrogens is 4. The quantitative estimate of drug-likeness (QED) is 0.442. The van der Waals surface area contributed by atoms with Gasteiger partial charge >= 0.3 is 0 Å². The number of hydrogen-bond acceptors (Lipinski definition) is 6. The maximum atomic E-state index is 13.3. The van der Waals surface area contributed by atoms with Crippen molar-refractivity contribution in [2.75, 3.05) is 4.90 Å². The summed E-state index contributed by atoms with van der Waals surface area (Å²) in [6, 6.07) is 17.0. The lowest BCUT2D eigenvalue weighted by molar-refractivity contribution is 0.446. The number of hydrogen-bond donors (Lipinski definition) is 1. The Morgan fingerprint density at radius 1 is 1.03 bits per heavy atom. The number of aromatic amines is 1. The van der Waals surface area contributed by atoms with Gasteiger partial charge in [-0.2, -0.15) is 0 Å². The number of rotatable bonds is 4. The van der Waals surface area contributed by atoms with E-state index in [9.17, 15) is 4.79 Å². The Morgan fingerprint density at radius 3 is 2.61 bits per heavy atom. The van der Waals surface area contributed by atoms with Gasteiger partial charge in [0.1, 0.15) is 17.6 Å². The van der Waals surface area contributed by atoms with Crippen molar-refractivity contribution in [3.63, 3.8) is 0 Å². The highest BCUT2D eigenvalue weighted by atomic mass is 16.3. The van der Waals surface area contributed by atoms with Crippen LogP contribution in [-0.2, 0) is 13.0 Å². The second-order valence-corrected chi connectivity index (χ2v) is 8.07. The molecule has 1 aliphatic rings. The van der Waals surface area contributed by atoms with E-state index < -0.39 is 0 Å². The van der Waals surface area contributed by atoms with Crippen LogP contribution in [0.2, 0.25) is 0 Å². The van der Waals surface area contributed by atoms with Gasteiger partial charge in [-0.1, -0.05) is 25.1 Å². The molecule has 162 valence electrons. The second kappa shape index (κ2) is 7.70. The molecule has 0 radical (unpaired) electrons. The summed E-state index contributed by atoms with van der Waals surface area (Å²) in [7, 11) is 0. The van der Waals surface area contributed by atoms with Crippen LogP contribution in [0.4, 0.5) is 5.95 Å². The first kappa shape index (κ1) is 19.4. The third-order valence-electron chi connectivity index (χ3n) is 6.11. The van der Waals surface area contributed by atoms with Crippen LogP contribution in [0.5, 0.6) is 0 Å². The molecule has 33 heavy (non-hydrogen) atoms. The van der Waals surface area contributed by atoms with E-state index in [1.54, 1.807) is 18.6 Å². The smallest absolute Gasteiger partial charge is 0.226 e. The van der Waals surface area contributed by atoms with Gasteiger partial charge in [0.05, 0.1) is 17.9 Å². The Bertz CT molecular complexity index is 1510.